The van der Waals surface area contributed by atoms with Crippen LogP contribution in [0.3, 0.4) is 0 Å². The van der Waals surface area contributed by atoms with Crippen molar-refractivity contribution in [1.82, 2.24) is 24.4 Å². The molecule has 2 fully saturated rings. The Kier molecular flexibility index (Phi) is 7.61. The Balaban J connectivity index is 0.00000289. The number of likely N-dealkylation sites (tertiary alicyclic amines) is 1. The van der Waals surface area contributed by atoms with E-state index in [1.807, 2.05) is 11.5 Å². The minimum absolute atomic E-state index is 0. The summed E-state index contributed by atoms with van der Waals surface area (Å²) in [5.41, 5.74) is 1.90. The van der Waals surface area contributed by atoms with Crippen molar-refractivity contribution in [2.75, 3.05) is 31.6 Å². The Morgan fingerprint density at radius 2 is 1.86 bits per heavy atom. The number of amides is 1. The number of halogens is 3. The number of ether oxygens (including phenoxy) is 1. The number of nitrogens with one attached hydrogen (secondary N) is 1. The molecule has 35 heavy (non-hydrogen) atoms. The molecule has 11 heteroatoms. The first-order valence-electron chi connectivity index (χ1n) is 11.4. The van der Waals surface area contributed by atoms with Crippen LogP contribution in [0, 0.1) is 12.7 Å². The number of carbonyl (C=O) groups is 1. The minimum Gasteiger partial charge on any atom is -0.381 e. The molecule has 1 amide bonds. The fraction of sp³-hybridized carbons (Fsp3) is 0.417. The minimum atomic E-state index is -0.957. The second-order valence-corrected chi connectivity index (χ2v) is 8.63. The first-order valence-corrected chi connectivity index (χ1v) is 11.4. The van der Waals surface area contributed by atoms with E-state index in [1.165, 1.54) is 4.90 Å². The van der Waals surface area contributed by atoms with Crippen LogP contribution in [0.25, 0.3) is 11.4 Å². The predicted molar refractivity (Wildman–Crippen MR) is 129 cm³/mol. The topological polar surface area (TPSA) is 85.2 Å². The highest BCUT2D eigenvalue weighted by Crippen LogP contribution is 2.31. The maximum absolute atomic E-state index is 14.8. The summed E-state index contributed by atoms with van der Waals surface area (Å²) in [4.78, 5) is 26.9. The maximum Gasteiger partial charge on any atom is 0.253 e. The van der Waals surface area contributed by atoms with Crippen molar-refractivity contribution < 1.29 is 18.3 Å². The number of hydrogen-bond acceptors (Lipinski definition) is 6. The van der Waals surface area contributed by atoms with E-state index >= 15 is 0 Å². The highest BCUT2D eigenvalue weighted by molar-refractivity contribution is 5.94. The van der Waals surface area contributed by atoms with Gasteiger partial charge in [0.15, 0.2) is 5.82 Å². The average molecular weight is 505 g/mol. The smallest absolute Gasteiger partial charge is 0.253 e. The van der Waals surface area contributed by atoms with Gasteiger partial charge in [0, 0.05) is 37.1 Å². The number of rotatable bonds is 5. The number of imidazole rings is 1. The van der Waals surface area contributed by atoms with E-state index in [9.17, 15) is 13.6 Å². The summed E-state index contributed by atoms with van der Waals surface area (Å²) in [6, 6.07) is 6.96. The van der Waals surface area contributed by atoms with Crippen molar-refractivity contribution in [3.63, 3.8) is 0 Å². The number of aromatic nitrogens is 4. The number of benzene rings is 1. The molecule has 2 saturated heterocycles. The van der Waals surface area contributed by atoms with Gasteiger partial charge in [0.25, 0.3) is 5.91 Å². The number of hydrogen-bond donors (Lipinski definition) is 1. The van der Waals surface area contributed by atoms with Crippen molar-refractivity contribution in [2.24, 2.45) is 0 Å². The molecular weight excluding hydrogens is 478 g/mol. The molecule has 0 bridgehead atoms. The van der Waals surface area contributed by atoms with Crippen molar-refractivity contribution in [3.8, 4) is 11.4 Å². The summed E-state index contributed by atoms with van der Waals surface area (Å²) in [7, 11) is 0. The lowest BCUT2D eigenvalue weighted by Gasteiger charge is -2.26. The van der Waals surface area contributed by atoms with Gasteiger partial charge in [-0.2, -0.15) is 0 Å². The quantitative estimate of drug-likeness (QED) is 0.551. The van der Waals surface area contributed by atoms with Crippen LogP contribution in [0.2, 0.25) is 0 Å². The van der Waals surface area contributed by atoms with Crippen LogP contribution in [0.1, 0.15) is 41.5 Å². The van der Waals surface area contributed by atoms with Crippen molar-refractivity contribution in [3.05, 3.63) is 53.9 Å². The van der Waals surface area contributed by atoms with Crippen molar-refractivity contribution in [1.29, 1.82) is 0 Å². The van der Waals surface area contributed by atoms with Gasteiger partial charge in [-0.05, 0) is 50.5 Å². The molecule has 2 aliphatic heterocycles. The summed E-state index contributed by atoms with van der Waals surface area (Å²) in [6.07, 6.45) is 3.86. The summed E-state index contributed by atoms with van der Waals surface area (Å²) >= 11 is 0. The number of carbonyl (C=O) groups excluding carboxylic acids is 1. The molecule has 5 rings (SSSR count). The Morgan fingerprint density at radius 3 is 2.54 bits per heavy atom. The molecule has 3 aromatic rings. The molecule has 0 spiro atoms. The first-order chi connectivity index (χ1) is 16.5. The molecule has 1 N–H and O–H groups in total. The normalized spacial score (nSPS) is 18.4. The molecule has 1 atom stereocenters. The standard InChI is InChI=1S/C24H26F2N6O2.ClH/c1-15-27-13-21(32(15)19-7-10-34-11-8-19)22-20(26)12-28-24(30-22)29-18-4-2-16(3-5-18)23(33)31-9-6-17(25)14-31;/h2-5,12-13,17,19H,6-11,14H2,1H3,(H,28,29,30);1H. The highest BCUT2D eigenvalue weighted by Gasteiger charge is 2.27. The zero-order valence-corrected chi connectivity index (χ0v) is 20.1. The molecule has 8 nitrogen and oxygen atoms in total. The van der Waals surface area contributed by atoms with E-state index in [1.54, 1.807) is 30.5 Å². The fourth-order valence-electron chi connectivity index (χ4n) is 4.55. The van der Waals surface area contributed by atoms with Crippen LogP contribution >= 0.6 is 12.4 Å². The van der Waals surface area contributed by atoms with Gasteiger partial charge in [-0.1, -0.05) is 0 Å². The van der Waals surface area contributed by atoms with E-state index in [0.29, 0.717) is 43.1 Å². The number of aryl methyl sites for hydroxylation is 1. The van der Waals surface area contributed by atoms with E-state index in [2.05, 4.69) is 20.3 Å². The van der Waals surface area contributed by atoms with E-state index < -0.39 is 12.0 Å². The third-order valence-corrected chi connectivity index (χ3v) is 6.33. The molecule has 1 unspecified atom stereocenters. The monoisotopic (exact) mass is 504 g/mol. The molecule has 0 radical (unpaired) electrons. The van der Waals surface area contributed by atoms with Crippen molar-refractivity contribution in [2.45, 2.75) is 38.4 Å². The molecular formula is C24H27ClF2N6O2. The van der Waals surface area contributed by atoms with E-state index in [4.69, 9.17) is 4.74 Å². The molecule has 4 heterocycles. The summed E-state index contributed by atoms with van der Waals surface area (Å²) < 4.78 is 35.7. The van der Waals surface area contributed by atoms with Gasteiger partial charge in [0.1, 0.15) is 17.7 Å². The number of anilines is 2. The molecule has 186 valence electrons. The summed E-state index contributed by atoms with van der Waals surface area (Å²) in [5.74, 6) is 0.305. The fourth-order valence-corrected chi connectivity index (χ4v) is 4.55. The van der Waals surface area contributed by atoms with Crippen LogP contribution in [0.5, 0.6) is 0 Å². The highest BCUT2D eigenvalue weighted by atomic mass is 35.5. The first kappa shape index (κ1) is 25.0. The Labute approximate surface area is 208 Å². The van der Waals surface area contributed by atoms with Crippen LogP contribution < -0.4 is 5.32 Å². The molecule has 2 aromatic heterocycles. The largest absolute Gasteiger partial charge is 0.381 e. The zero-order valence-electron chi connectivity index (χ0n) is 19.3. The molecule has 1 aromatic carbocycles. The lowest BCUT2D eigenvalue weighted by Crippen LogP contribution is -2.28. The Morgan fingerprint density at radius 1 is 1.11 bits per heavy atom. The van der Waals surface area contributed by atoms with Crippen LogP contribution in [0.15, 0.2) is 36.7 Å². The summed E-state index contributed by atoms with van der Waals surface area (Å²) in [6.45, 7) is 3.78. The number of alkyl halides is 1. The zero-order chi connectivity index (χ0) is 23.7. The number of nitrogens with zero attached hydrogens (tertiary/aromatic N) is 5. The molecule has 0 saturated carbocycles. The van der Waals surface area contributed by atoms with Crippen molar-refractivity contribution >= 4 is 29.9 Å². The second kappa shape index (κ2) is 10.7. The van der Waals surface area contributed by atoms with Gasteiger partial charge in [0.05, 0.1) is 24.6 Å². The van der Waals surface area contributed by atoms with Gasteiger partial charge >= 0.3 is 0 Å². The van der Waals surface area contributed by atoms with Gasteiger partial charge < -0.3 is 19.5 Å². The predicted octanol–water partition coefficient (Wildman–Crippen LogP) is 4.49. The van der Waals surface area contributed by atoms with Crippen LogP contribution in [-0.4, -0.2) is 62.8 Å². The van der Waals surface area contributed by atoms with E-state index in [0.717, 1.165) is 24.9 Å². The van der Waals surface area contributed by atoms with Crippen LogP contribution in [0.4, 0.5) is 20.4 Å². The van der Waals surface area contributed by atoms with E-state index in [-0.39, 0.29) is 42.5 Å². The lowest BCUT2D eigenvalue weighted by molar-refractivity contribution is 0.0694. The van der Waals surface area contributed by atoms with Gasteiger partial charge in [-0.15, -0.1) is 12.4 Å². The second-order valence-electron chi connectivity index (χ2n) is 8.63. The SMILES string of the molecule is Cc1ncc(-c2nc(Nc3ccc(C(=O)N4CCC(F)C4)cc3)ncc2F)n1C1CCOCC1.Cl. The third-order valence-electron chi connectivity index (χ3n) is 6.33. The Bertz CT molecular complexity index is 1180. The van der Waals surface area contributed by atoms with Gasteiger partial charge in [0.2, 0.25) is 5.95 Å². The Hall–Kier alpha value is -3.11. The lowest BCUT2D eigenvalue weighted by atomic mass is 10.1. The summed E-state index contributed by atoms with van der Waals surface area (Å²) in [5, 5.41) is 3.07. The van der Waals surface area contributed by atoms with Gasteiger partial charge in [-0.25, -0.2) is 23.7 Å². The maximum atomic E-state index is 14.8. The average Bonchev–Trinajstić information content (AvgIpc) is 3.46. The molecule has 0 aliphatic carbocycles. The van der Waals surface area contributed by atoms with Gasteiger partial charge in [-0.3, -0.25) is 4.79 Å². The van der Waals surface area contributed by atoms with Crippen LogP contribution in [-0.2, 0) is 4.74 Å². The molecule has 2 aliphatic rings. The third kappa shape index (κ3) is 5.28.